The molecule has 0 aliphatic rings. The summed E-state index contributed by atoms with van der Waals surface area (Å²) in [5.41, 5.74) is 0. The minimum absolute atomic E-state index is 0.0735. The van der Waals surface area contributed by atoms with E-state index in [1.165, 1.54) is 238 Å². The first kappa shape index (κ1) is 76.1. The molecule has 0 radical (unpaired) electrons. The summed E-state index contributed by atoms with van der Waals surface area (Å²) >= 11 is 0. The quantitative estimate of drug-likeness (QED) is 0.0261. The maximum absolute atomic E-state index is 12.9. The number of hydrogen-bond donors (Lipinski definition) is 0. The van der Waals surface area contributed by atoms with Crippen molar-refractivity contribution < 1.29 is 28.6 Å². The van der Waals surface area contributed by atoms with Gasteiger partial charge in [-0.3, -0.25) is 14.4 Å². The van der Waals surface area contributed by atoms with Gasteiger partial charge < -0.3 is 14.2 Å². The van der Waals surface area contributed by atoms with Crippen molar-refractivity contribution in [2.24, 2.45) is 0 Å². The van der Waals surface area contributed by atoms with E-state index < -0.39 is 6.10 Å². The lowest BCUT2D eigenvalue weighted by Crippen LogP contribution is -2.30. The van der Waals surface area contributed by atoms with Crippen LogP contribution in [0.3, 0.4) is 0 Å². The molecule has 0 rings (SSSR count). The number of unbranched alkanes of at least 4 members (excludes halogenated alkanes) is 43. The molecule has 0 aliphatic carbocycles. The van der Waals surface area contributed by atoms with Gasteiger partial charge in [-0.25, -0.2) is 0 Å². The minimum Gasteiger partial charge on any atom is -0.462 e. The zero-order valence-corrected chi connectivity index (χ0v) is 52.9. The summed E-state index contributed by atoms with van der Waals surface area (Å²) in [4.78, 5) is 38.1. The van der Waals surface area contributed by atoms with Crippen LogP contribution in [0.4, 0.5) is 0 Å². The Labute approximate surface area is 491 Å². The number of rotatable bonds is 64. The standard InChI is InChI=1S/C73H132O6/c1-4-7-10-13-16-18-20-22-24-26-28-30-31-32-33-34-35-36-37-38-39-40-41-43-44-46-48-50-52-54-57-60-63-66-72(75)78-69-70(68-77-71(74)65-62-59-56-15-12-9-6-3)79-73(76)67-64-61-58-55-53-51-49-47-45-42-29-27-25-23-21-19-17-14-11-8-5-2/h8,11,17,19,23,25-26,28-29,42,70H,4-7,9-10,12-16,18,20-22,24,27,30-41,43-69H2,1-3H3/b11-8-,19-17-,25-23-,28-26-,42-29-. The van der Waals surface area contributed by atoms with Gasteiger partial charge in [0.15, 0.2) is 6.10 Å². The fourth-order valence-corrected chi connectivity index (χ4v) is 10.3. The Balaban J connectivity index is 4.00. The van der Waals surface area contributed by atoms with Gasteiger partial charge in [-0.2, -0.15) is 0 Å². The van der Waals surface area contributed by atoms with Crippen LogP contribution in [0.15, 0.2) is 60.8 Å². The second-order valence-corrected chi connectivity index (χ2v) is 23.4. The predicted molar refractivity (Wildman–Crippen MR) is 344 cm³/mol. The van der Waals surface area contributed by atoms with Crippen molar-refractivity contribution in [3.8, 4) is 0 Å². The number of ether oxygens (including phenoxy) is 3. The highest BCUT2D eigenvalue weighted by Crippen LogP contribution is 2.18. The number of esters is 3. The SMILES string of the molecule is CC/C=C\C/C=C\C/C=C\C/C=C\CCCCCCCCCCC(=O)OC(COC(=O)CCCCCCCCC)COC(=O)CCCCCCCCCCCCCCCCCCCCCCC/C=C\CCCCCCCCCC. The minimum atomic E-state index is -0.775. The highest BCUT2D eigenvalue weighted by molar-refractivity contribution is 5.71. The molecule has 1 atom stereocenters. The van der Waals surface area contributed by atoms with Crippen molar-refractivity contribution in [1.29, 1.82) is 0 Å². The van der Waals surface area contributed by atoms with Gasteiger partial charge in [-0.15, -0.1) is 0 Å². The fourth-order valence-electron chi connectivity index (χ4n) is 10.3. The first-order valence-electron chi connectivity index (χ1n) is 34.8. The molecular weight excluding hydrogens is 973 g/mol. The average molecular weight is 1110 g/mol. The number of carbonyl (C=O) groups is 3. The van der Waals surface area contributed by atoms with Crippen LogP contribution in [-0.4, -0.2) is 37.2 Å². The Bertz CT molecular complexity index is 1410. The van der Waals surface area contributed by atoms with Crippen LogP contribution in [0, 0.1) is 0 Å². The number of carbonyl (C=O) groups excluding carboxylic acids is 3. The molecule has 0 aliphatic heterocycles. The van der Waals surface area contributed by atoms with Crippen molar-refractivity contribution in [1.82, 2.24) is 0 Å². The van der Waals surface area contributed by atoms with Gasteiger partial charge in [-0.1, -0.05) is 326 Å². The molecule has 0 aromatic carbocycles. The van der Waals surface area contributed by atoms with Crippen molar-refractivity contribution in [3.63, 3.8) is 0 Å². The molecule has 0 spiro atoms. The summed E-state index contributed by atoms with van der Waals surface area (Å²) in [5.74, 6) is -0.870. The van der Waals surface area contributed by atoms with Crippen molar-refractivity contribution in [2.75, 3.05) is 13.2 Å². The van der Waals surface area contributed by atoms with Gasteiger partial charge >= 0.3 is 17.9 Å². The monoisotopic (exact) mass is 1110 g/mol. The van der Waals surface area contributed by atoms with Crippen LogP contribution >= 0.6 is 0 Å². The summed E-state index contributed by atoms with van der Waals surface area (Å²) in [6, 6.07) is 0. The predicted octanol–water partition coefficient (Wildman–Crippen LogP) is 23.9. The highest BCUT2D eigenvalue weighted by Gasteiger charge is 2.19. The molecular formula is C73H132O6. The van der Waals surface area contributed by atoms with Crippen LogP contribution in [0.2, 0.25) is 0 Å². The van der Waals surface area contributed by atoms with E-state index in [-0.39, 0.29) is 31.1 Å². The molecule has 0 saturated carbocycles. The summed E-state index contributed by atoms with van der Waals surface area (Å²) in [6.45, 7) is 6.53. The summed E-state index contributed by atoms with van der Waals surface area (Å²) in [6.07, 6.45) is 87.2. The van der Waals surface area contributed by atoms with E-state index in [0.717, 1.165) is 89.9 Å². The Kier molecular flexibility index (Phi) is 65.1. The van der Waals surface area contributed by atoms with E-state index in [2.05, 4.69) is 81.5 Å². The molecule has 0 heterocycles. The molecule has 0 amide bonds. The van der Waals surface area contributed by atoms with Crippen molar-refractivity contribution in [3.05, 3.63) is 60.8 Å². The van der Waals surface area contributed by atoms with E-state index >= 15 is 0 Å². The largest absolute Gasteiger partial charge is 0.462 e. The van der Waals surface area contributed by atoms with Crippen LogP contribution in [0.5, 0.6) is 0 Å². The van der Waals surface area contributed by atoms with Gasteiger partial charge in [0.25, 0.3) is 0 Å². The fraction of sp³-hybridized carbons (Fsp3) is 0.822. The lowest BCUT2D eigenvalue weighted by atomic mass is 10.0. The first-order valence-corrected chi connectivity index (χ1v) is 34.8. The summed E-state index contributed by atoms with van der Waals surface area (Å²) < 4.78 is 16.9. The molecule has 0 saturated heterocycles. The summed E-state index contributed by atoms with van der Waals surface area (Å²) in [7, 11) is 0. The molecule has 6 nitrogen and oxygen atoms in total. The van der Waals surface area contributed by atoms with Crippen LogP contribution in [-0.2, 0) is 28.6 Å². The Morgan fingerprint density at radius 1 is 0.266 bits per heavy atom. The third kappa shape index (κ3) is 65.8. The second-order valence-electron chi connectivity index (χ2n) is 23.4. The zero-order chi connectivity index (χ0) is 57.1. The van der Waals surface area contributed by atoms with E-state index in [4.69, 9.17) is 14.2 Å². The number of allylic oxidation sites excluding steroid dienone is 10. The zero-order valence-electron chi connectivity index (χ0n) is 52.9. The second kappa shape index (κ2) is 67.6. The summed E-state index contributed by atoms with van der Waals surface area (Å²) in [5, 5.41) is 0. The molecule has 0 N–H and O–H groups in total. The maximum atomic E-state index is 12.9. The van der Waals surface area contributed by atoms with Gasteiger partial charge in [0.2, 0.25) is 0 Å². The van der Waals surface area contributed by atoms with E-state index in [9.17, 15) is 14.4 Å². The van der Waals surface area contributed by atoms with Crippen molar-refractivity contribution in [2.45, 2.75) is 374 Å². The first-order chi connectivity index (χ1) is 39.0. The van der Waals surface area contributed by atoms with Gasteiger partial charge in [0, 0.05) is 19.3 Å². The van der Waals surface area contributed by atoms with E-state index in [1.807, 2.05) is 0 Å². The Hall–Kier alpha value is -2.89. The number of hydrogen-bond acceptors (Lipinski definition) is 6. The van der Waals surface area contributed by atoms with Gasteiger partial charge in [-0.05, 0) is 83.5 Å². The Morgan fingerprint density at radius 3 is 0.785 bits per heavy atom. The lowest BCUT2D eigenvalue weighted by Gasteiger charge is -2.18. The molecule has 460 valence electrons. The molecule has 0 aromatic rings. The molecule has 1 unspecified atom stereocenters. The third-order valence-corrected chi connectivity index (χ3v) is 15.5. The van der Waals surface area contributed by atoms with Crippen LogP contribution in [0.1, 0.15) is 367 Å². The van der Waals surface area contributed by atoms with Gasteiger partial charge in [0.05, 0.1) is 0 Å². The molecule has 6 heteroatoms. The normalized spacial score (nSPS) is 12.4. The molecule has 0 aromatic heterocycles. The highest BCUT2D eigenvalue weighted by atomic mass is 16.6. The Morgan fingerprint density at radius 2 is 0.494 bits per heavy atom. The molecule has 79 heavy (non-hydrogen) atoms. The topological polar surface area (TPSA) is 78.9 Å². The van der Waals surface area contributed by atoms with E-state index in [1.54, 1.807) is 0 Å². The smallest absolute Gasteiger partial charge is 0.306 e. The lowest BCUT2D eigenvalue weighted by molar-refractivity contribution is -0.167. The third-order valence-electron chi connectivity index (χ3n) is 15.5. The van der Waals surface area contributed by atoms with Gasteiger partial charge in [0.1, 0.15) is 13.2 Å². The molecule has 0 fully saturated rings. The average Bonchev–Trinajstić information content (AvgIpc) is 3.45. The van der Waals surface area contributed by atoms with Crippen molar-refractivity contribution >= 4 is 17.9 Å². The van der Waals surface area contributed by atoms with E-state index in [0.29, 0.717) is 19.3 Å². The van der Waals surface area contributed by atoms with Crippen LogP contribution < -0.4 is 0 Å². The maximum Gasteiger partial charge on any atom is 0.306 e. The molecule has 0 bridgehead atoms. The van der Waals surface area contributed by atoms with Crippen LogP contribution in [0.25, 0.3) is 0 Å².